The molecule has 0 fully saturated rings. The molecule has 0 saturated heterocycles. The van der Waals surface area contributed by atoms with E-state index >= 15 is 0 Å². The van der Waals surface area contributed by atoms with Crippen molar-refractivity contribution < 1.29 is 0 Å². The van der Waals surface area contributed by atoms with Crippen molar-refractivity contribution in [2.75, 3.05) is 6.54 Å². The maximum Gasteiger partial charge on any atom is 0.0671 e. The third-order valence-corrected chi connectivity index (χ3v) is 4.69. The standard InChI is InChI=1S/C18H25NS/c1-4-11-19-18(17-8-7-12-20-17)16-10-9-14(5-2)15(6-3)13-16/h7-10,12-13,18-19H,4-6,11H2,1-3H3. The number of thiophene rings is 1. The monoisotopic (exact) mass is 287 g/mol. The van der Waals surface area contributed by atoms with Crippen LogP contribution in [-0.2, 0) is 12.8 Å². The van der Waals surface area contributed by atoms with E-state index in [0.717, 1.165) is 25.8 Å². The topological polar surface area (TPSA) is 12.0 Å². The highest BCUT2D eigenvalue weighted by molar-refractivity contribution is 7.10. The number of hydrogen-bond donors (Lipinski definition) is 1. The minimum absolute atomic E-state index is 0.339. The Hall–Kier alpha value is -1.12. The highest BCUT2D eigenvalue weighted by Crippen LogP contribution is 2.28. The first kappa shape index (κ1) is 15.3. The lowest BCUT2D eigenvalue weighted by Crippen LogP contribution is -2.22. The molecule has 0 radical (unpaired) electrons. The quantitative estimate of drug-likeness (QED) is 0.758. The zero-order valence-corrected chi connectivity index (χ0v) is 13.6. The van der Waals surface area contributed by atoms with Crippen LogP contribution in [-0.4, -0.2) is 6.54 Å². The summed E-state index contributed by atoms with van der Waals surface area (Å²) in [5, 5.41) is 5.85. The van der Waals surface area contributed by atoms with E-state index < -0.39 is 0 Å². The van der Waals surface area contributed by atoms with Crippen LogP contribution >= 0.6 is 11.3 Å². The van der Waals surface area contributed by atoms with Gasteiger partial charge in [0.25, 0.3) is 0 Å². The van der Waals surface area contributed by atoms with Crippen LogP contribution in [0.3, 0.4) is 0 Å². The first-order valence-electron chi connectivity index (χ1n) is 7.68. The van der Waals surface area contributed by atoms with Gasteiger partial charge in [-0.3, -0.25) is 0 Å². The van der Waals surface area contributed by atoms with E-state index in [2.05, 4.69) is 61.8 Å². The fourth-order valence-corrected chi connectivity index (χ4v) is 3.45. The number of aryl methyl sites for hydroxylation is 2. The Morgan fingerprint density at radius 1 is 1.05 bits per heavy atom. The molecular formula is C18H25NS. The third-order valence-electron chi connectivity index (χ3n) is 3.75. The van der Waals surface area contributed by atoms with E-state index in [-0.39, 0.29) is 0 Å². The predicted octanol–water partition coefficient (Wildman–Crippen LogP) is 4.96. The number of rotatable bonds is 7. The molecule has 1 aromatic heterocycles. The van der Waals surface area contributed by atoms with Crippen molar-refractivity contribution in [1.82, 2.24) is 5.32 Å². The fourth-order valence-electron chi connectivity index (χ4n) is 2.63. The van der Waals surface area contributed by atoms with Gasteiger partial charge in [0.2, 0.25) is 0 Å². The van der Waals surface area contributed by atoms with E-state index in [1.807, 2.05) is 11.3 Å². The van der Waals surface area contributed by atoms with Gasteiger partial charge in [0.15, 0.2) is 0 Å². The van der Waals surface area contributed by atoms with Gasteiger partial charge in [-0.2, -0.15) is 0 Å². The molecule has 0 saturated carbocycles. The van der Waals surface area contributed by atoms with E-state index in [9.17, 15) is 0 Å². The van der Waals surface area contributed by atoms with Gasteiger partial charge in [-0.25, -0.2) is 0 Å². The van der Waals surface area contributed by atoms with Crippen LogP contribution in [0.25, 0.3) is 0 Å². The second kappa shape index (κ2) is 7.61. The Kier molecular flexibility index (Phi) is 5.81. The maximum atomic E-state index is 3.69. The van der Waals surface area contributed by atoms with Crippen LogP contribution in [0.5, 0.6) is 0 Å². The van der Waals surface area contributed by atoms with Crippen LogP contribution in [0.15, 0.2) is 35.7 Å². The van der Waals surface area contributed by atoms with Crippen LogP contribution in [0, 0.1) is 0 Å². The summed E-state index contributed by atoms with van der Waals surface area (Å²) in [6, 6.07) is 11.7. The Morgan fingerprint density at radius 2 is 1.85 bits per heavy atom. The Morgan fingerprint density at radius 3 is 2.45 bits per heavy atom. The lowest BCUT2D eigenvalue weighted by Gasteiger charge is -2.19. The van der Waals surface area contributed by atoms with Crippen molar-refractivity contribution in [3.8, 4) is 0 Å². The summed E-state index contributed by atoms with van der Waals surface area (Å²) in [7, 11) is 0. The Labute approximate surface area is 127 Å². The van der Waals surface area contributed by atoms with E-state index in [1.54, 1.807) is 0 Å². The summed E-state index contributed by atoms with van der Waals surface area (Å²) in [5.74, 6) is 0. The summed E-state index contributed by atoms with van der Waals surface area (Å²) >= 11 is 1.84. The zero-order valence-electron chi connectivity index (χ0n) is 12.8. The average molecular weight is 287 g/mol. The first-order valence-corrected chi connectivity index (χ1v) is 8.56. The van der Waals surface area contributed by atoms with Crippen LogP contribution < -0.4 is 5.32 Å². The van der Waals surface area contributed by atoms with Crippen molar-refractivity contribution in [3.63, 3.8) is 0 Å². The third kappa shape index (κ3) is 3.50. The Balaban J connectivity index is 2.33. The molecule has 1 unspecified atom stereocenters. The molecule has 0 aliphatic heterocycles. The molecule has 1 N–H and O–H groups in total. The van der Waals surface area contributed by atoms with Gasteiger partial charge in [0, 0.05) is 4.88 Å². The summed E-state index contributed by atoms with van der Waals surface area (Å²) in [4.78, 5) is 1.41. The summed E-state index contributed by atoms with van der Waals surface area (Å²) in [6.07, 6.45) is 3.40. The SMILES string of the molecule is CCCNC(c1ccc(CC)c(CC)c1)c1cccs1. The molecule has 2 aromatic rings. The number of hydrogen-bond acceptors (Lipinski definition) is 2. The van der Waals surface area contributed by atoms with Crippen molar-refractivity contribution in [2.45, 2.75) is 46.1 Å². The van der Waals surface area contributed by atoms with E-state index in [0.29, 0.717) is 6.04 Å². The van der Waals surface area contributed by atoms with E-state index in [1.165, 1.54) is 21.6 Å². The molecule has 0 aliphatic carbocycles. The summed E-state index contributed by atoms with van der Waals surface area (Å²) in [5.41, 5.74) is 4.37. The van der Waals surface area contributed by atoms with Gasteiger partial charge in [0.05, 0.1) is 6.04 Å². The zero-order chi connectivity index (χ0) is 14.4. The van der Waals surface area contributed by atoms with Gasteiger partial charge < -0.3 is 5.32 Å². The predicted molar refractivity (Wildman–Crippen MR) is 89.7 cm³/mol. The number of nitrogens with one attached hydrogen (secondary N) is 1. The molecule has 0 bridgehead atoms. The molecule has 1 heterocycles. The molecule has 1 atom stereocenters. The van der Waals surface area contributed by atoms with Gasteiger partial charge in [0.1, 0.15) is 0 Å². The fraction of sp³-hybridized carbons (Fsp3) is 0.444. The van der Waals surface area contributed by atoms with Gasteiger partial charge in [-0.15, -0.1) is 11.3 Å². The smallest absolute Gasteiger partial charge is 0.0671 e. The minimum atomic E-state index is 0.339. The first-order chi connectivity index (χ1) is 9.80. The van der Waals surface area contributed by atoms with Crippen molar-refractivity contribution in [3.05, 3.63) is 57.3 Å². The average Bonchev–Trinajstić information content (AvgIpc) is 3.01. The Bertz CT molecular complexity index is 516. The van der Waals surface area contributed by atoms with Gasteiger partial charge in [-0.05, 0) is 53.9 Å². The second-order valence-corrected chi connectivity index (χ2v) is 6.12. The maximum absolute atomic E-state index is 3.69. The van der Waals surface area contributed by atoms with Crippen molar-refractivity contribution >= 4 is 11.3 Å². The number of benzene rings is 1. The lowest BCUT2D eigenvalue weighted by atomic mass is 9.96. The minimum Gasteiger partial charge on any atom is -0.306 e. The lowest BCUT2D eigenvalue weighted by molar-refractivity contribution is 0.605. The molecule has 0 spiro atoms. The molecule has 20 heavy (non-hydrogen) atoms. The van der Waals surface area contributed by atoms with Gasteiger partial charge in [-0.1, -0.05) is 45.0 Å². The van der Waals surface area contributed by atoms with Crippen molar-refractivity contribution in [2.24, 2.45) is 0 Å². The molecule has 2 rings (SSSR count). The highest BCUT2D eigenvalue weighted by atomic mass is 32.1. The summed E-state index contributed by atoms with van der Waals surface area (Å²) in [6.45, 7) is 7.76. The largest absolute Gasteiger partial charge is 0.306 e. The van der Waals surface area contributed by atoms with Crippen LogP contribution in [0.4, 0.5) is 0 Å². The molecular weight excluding hydrogens is 262 g/mol. The normalized spacial score (nSPS) is 12.6. The summed E-state index contributed by atoms with van der Waals surface area (Å²) < 4.78 is 0. The molecule has 0 aliphatic rings. The van der Waals surface area contributed by atoms with Crippen LogP contribution in [0.2, 0.25) is 0 Å². The highest BCUT2D eigenvalue weighted by Gasteiger charge is 2.15. The molecule has 1 nitrogen and oxygen atoms in total. The van der Waals surface area contributed by atoms with Crippen LogP contribution in [0.1, 0.15) is 54.8 Å². The molecule has 1 aromatic carbocycles. The second-order valence-electron chi connectivity index (χ2n) is 5.14. The van der Waals surface area contributed by atoms with E-state index in [4.69, 9.17) is 0 Å². The van der Waals surface area contributed by atoms with Gasteiger partial charge >= 0.3 is 0 Å². The van der Waals surface area contributed by atoms with Crippen molar-refractivity contribution in [1.29, 1.82) is 0 Å². The molecule has 0 amide bonds. The molecule has 108 valence electrons. The molecule has 2 heteroatoms.